The van der Waals surface area contributed by atoms with E-state index in [2.05, 4.69) is 17.1 Å². The number of piperidine rings is 1. The fourth-order valence-electron chi connectivity index (χ4n) is 3.73. The average Bonchev–Trinajstić information content (AvgIpc) is 2.34. The van der Waals surface area contributed by atoms with E-state index in [-0.39, 0.29) is 11.9 Å². The smallest absolute Gasteiger partial charge is 0.234 e. The van der Waals surface area contributed by atoms with Gasteiger partial charge in [-0.3, -0.25) is 9.69 Å². The van der Waals surface area contributed by atoms with Gasteiger partial charge in [0.25, 0.3) is 0 Å². The van der Waals surface area contributed by atoms with Crippen LogP contribution in [0, 0.1) is 11.3 Å². The third kappa shape index (κ3) is 4.19. The molecule has 1 amide bonds. The van der Waals surface area contributed by atoms with Gasteiger partial charge < -0.3 is 10.1 Å². The van der Waals surface area contributed by atoms with Gasteiger partial charge in [-0.05, 0) is 70.9 Å². The molecule has 2 fully saturated rings. The minimum atomic E-state index is 0.166. The number of carbonyl (C=O) groups is 1. The number of nitrogens with zero attached hydrogens (tertiary/aromatic N) is 1. The topological polar surface area (TPSA) is 41.6 Å². The summed E-state index contributed by atoms with van der Waals surface area (Å²) in [5, 5.41) is 2.97. The summed E-state index contributed by atoms with van der Waals surface area (Å²) in [5.41, 5.74) is 0.576. The summed E-state index contributed by atoms with van der Waals surface area (Å²) in [6, 6.07) is 0.240. The molecule has 2 aliphatic rings. The molecule has 0 aromatic rings. The molecule has 0 aromatic heterocycles. The number of nitrogens with one attached hydrogen (secondary N) is 1. The van der Waals surface area contributed by atoms with Gasteiger partial charge in [0, 0.05) is 19.3 Å². The van der Waals surface area contributed by atoms with Crippen molar-refractivity contribution in [1.82, 2.24) is 10.2 Å². The maximum absolute atomic E-state index is 11.8. The molecule has 1 spiro atoms. The first-order valence-corrected chi connectivity index (χ1v) is 8.12. The van der Waals surface area contributed by atoms with E-state index in [1.807, 2.05) is 13.8 Å². The maximum Gasteiger partial charge on any atom is 0.234 e. The van der Waals surface area contributed by atoms with E-state index in [0.717, 1.165) is 32.2 Å². The van der Waals surface area contributed by atoms with Crippen LogP contribution >= 0.6 is 0 Å². The second-order valence-corrected chi connectivity index (χ2v) is 6.93. The molecule has 2 rings (SSSR count). The quantitative estimate of drug-likeness (QED) is 0.810. The zero-order chi connectivity index (χ0) is 14.6. The summed E-state index contributed by atoms with van der Waals surface area (Å²) < 4.78 is 5.52. The molecule has 1 N–H and O–H groups in total. The molecule has 116 valence electrons. The zero-order valence-electron chi connectivity index (χ0n) is 13.3. The summed E-state index contributed by atoms with van der Waals surface area (Å²) in [6.07, 6.45) is 5.17. The number of hydrogen-bond acceptors (Lipinski definition) is 3. The van der Waals surface area contributed by atoms with Crippen molar-refractivity contribution in [2.45, 2.75) is 52.5 Å². The van der Waals surface area contributed by atoms with Crippen LogP contribution in [0.3, 0.4) is 0 Å². The van der Waals surface area contributed by atoms with Crippen LogP contribution in [-0.4, -0.2) is 49.7 Å². The van der Waals surface area contributed by atoms with Gasteiger partial charge in [0.05, 0.1) is 6.54 Å². The van der Waals surface area contributed by atoms with Crippen LogP contribution in [0.2, 0.25) is 0 Å². The van der Waals surface area contributed by atoms with Crippen molar-refractivity contribution in [3.05, 3.63) is 0 Å². The Hall–Kier alpha value is -0.610. The monoisotopic (exact) mass is 282 g/mol. The third-order valence-electron chi connectivity index (χ3n) is 4.73. The summed E-state index contributed by atoms with van der Waals surface area (Å²) in [5.74, 6) is 0.949. The number of amides is 1. The Balaban J connectivity index is 1.65. The van der Waals surface area contributed by atoms with Gasteiger partial charge in [-0.2, -0.15) is 0 Å². The molecule has 1 heterocycles. The van der Waals surface area contributed by atoms with Crippen LogP contribution in [0.25, 0.3) is 0 Å². The highest BCUT2D eigenvalue weighted by atomic mass is 16.5. The van der Waals surface area contributed by atoms with E-state index < -0.39 is 0 Å². The lowest BCUT2D eigenvalue weighted by atomic mass is 9.58. The van der Waals surface area contributed by atoms with Crippen LogP contribution < -0.4 is 5.32 Å². The van der Waals surface area contributed by atoms with Crippen molar-refractivity contribution >= 4 is 5.91 Å². The van der Waals surface area contributed by atoms with E-state index in [4.69, 9.17) is 4.74 Å². The van der Waals surface area contributed by atoms with Crippen molar-refractivity contribution in [2.75, 3.05) is 32.8 Å². The van der Waals surface area contributed by atoms with Gasteiger partial charge in [0.1, 0.15) is 0 Å². The van der Waals surface area contributed by atoms with E-state index in [9.17, 15) is 4.79 Å². The fourth-order valence-corrected chi connectivity index (χ4v) is 3.73. The van der Waals surface area contributed by atoms with Crippen molar-refractivity contribution in [3.63, 3.8) is 0 Å². The minimum absolute atomic E-state index is 0.166. The first kappa shape index (κ1) is 15.8. The van der Waals surface area contributed by atoms with E-state index in [0.29, 0.717) is 12.0 Å². The molecule has 1 saturated heterocycles. The molecule has 0 unspecified atom stereocenters. The van der Waals surface area contributed by atoms with Crippen molar-refractivity contribution in [3.8, 4) is 0 Å². The molecule has 4 nitrogen and oxygen atoms in total. The molecular formula is C16H30N2O2. The van der Waals surface area contributed by atoms with Crippen molar-refractivity contribution in [2.24, 2.45) is 11.3 Å². The maximum atomic E-state index is 11.8. The average molecular weight is 282 g/mol. The predicted octanol–water partition coefficient (Wildman–Crippen LogP) is 2.04. The molecule has 1 aliphatic carbocycles. The predicted molar refractivity (Wildman–Crippen MR) is 80.6 cm³/mol. The van der Waals surface area contributed by atoms with E-state index in [1.54, 1.807) is 0 Å². The standard InChI is InChI=1S/C16H30N2O2/c1-4-20-12-14-9-16(10-14)5-7-18(8-6-16)11-15(19)17-13(2)3/h13-14H,4-12H2,1-3H3,(H,17,19). The van der Waals surface area contributed by atoms with Crippen LogP contribution in [-0.2, 0) is 9.53 Å². The van der Waals surface area contributed by atoms with Crippen LogP contribution in [0.5, 0.6) is 0 Å². The van der Waals surface area contributed by atoms with Gasteiger partial charge in [-0.25, -0.2) is 0 Å². The molecular weight excluding hydrogens is 252 g/mol. The zero-order valence-corrected chi connectivity index (χ0v) is 13.3. The first-order chi connectivity index (χ1) is 9.53. The SMILES string of the molecule is CCOCC1CC2(CCN(CC(=O)NC(C)C)CC2)C1. The van der Waals surface area contributed by atoms with Gasteiger partial charge in [-0.1, -0.05) is 0 Å². The largest absolute Gasteiger partial charge is 0.381 e. The van der Waals surface area contributed by atoms with Gasteiger partial charge in [0.15, 0.2) is 0 Å². The normalized spacial score (nSPS) is 23.0. The van der Waals surface area contributed by atoms with Crippen molar-refractivity contribution in [1.29, 1.82) is 0 Å². The third-order valence-corrected chi connectivity index (χ3v) is 4.73. The second-order valence-electron chi connectivity index (χ2n) is 6.93. The molecule has 0 aromatic carbocycles. The van der Waals surface area contributed by atoms with Gasteiger partial charge in [0.2, 0.25) is 5.91 Å². The summed E-state index contributed by atoms with van der Waals surface area (Å²) in [7, 11) is 0. The van der Waals surface area contributed by atoms with E-state index >= 15 is 0 Å². The Morgan fingerprint density at radius 3 is 2.55 bits per heavy atom. The molecule has 0 bridgehead atoms. The Morgan fingerprint density at radius 2 is 2.00 bits per heavy atom. The lowest BCUT2D eigenvalue weighted by Crippen LogP contribution is -2.50. The number of carbonyl (C=O) groups excluding carboxylic acids is 1. The lowest BCUT2D eigenvalue weighted by Gasteiger charge is -2.52. The van der Waals surface area contributed by atoms with Crippen molar-refractivity contribution < 1.29 is 9.53 Å². The molecule has 1 aliphatic heterocycles. The Kier molecular flexibility index (Phi) is 5.44. The van der Waals surface area contributed by atoms with Crippen LogP contribution in [0.4, 0.5) is 0 Å². The number of hydrogen-bond donors (Lipinski definition) is 1. The van der Waals surface area contributed by atoms with E-state index in [1.165, 1.54) is 25.7 Å². The Bertz CT molecular complexity index is 314. The summed E-state index contributed by atoms with van der Waals surface area (Å²) >= 11 is 0. The molecule has 4 heteroatoms. The summed E-state index contributed by atoms with van der Waals surface area (Å²) in [6.45, 7) is 10.6. The lowest BCUT2D eigenvalue weighted by molar-refractivity contribution is -0.124. The highest BCUT2D eigenvalue weighted by molar-refractivity contribution is 5.78. The summed E-state index contributed by atoms with van der Waals surface area (Å²) in [4.78, 5) is 14.1. The highest BCUT2D eigenvalue weighted by Gasteiger charge is 2.45. The molecule has 20 heavy (non-hydrogen) atoms. The molecule has 0 atom stereocenters. The Labute approximate surface area is 123 Å². The number of likely N-dealkylation sites (tertiary alicyclic amines) is 1. The van der Waals surface area contributed by atoms with Crippen LogP contribution in [0.1, 0.15) is 46.5 Å². The minimum Gasteiger partial charge on any atom is -0.381 e. The second kappa shape index (κ2) is 6.90. The number of ether oxygens (including phenoxy) is 1. The highest BCUT2D eigenvalue weighted by Crippen LogP contribution is 2.52. The fraction of sp³-hybridized carbons (Fsp3) is 0.938. The first-order valence-electron chi connectivity index (χ1n) is 8.12. The van der Waals surface area contributed by atoms with Crippen LogP contribution in [0.15, 0.2) is 0 Å². The molecule has 1 saturated carbocycles. The van der Waals surface area contributed by atoms with Gasteiger partial charge in [-0.15, -0.1) is 0 Å². The number of rotatable bonds is 6. The Morgan fingerprint density at radius 1 is 1.35 bits per heavy atom. The molecule has 0 radical (unpaired) electrons. The van der Waals surface area contributed by atoms with Gasteiger partial charge >= 0.3 is 0 Å².